The Bertz CT molecular complexity index is 237. The van der Waals surface area contributed by atoms with E-state index >= 15 is 0 Å². The highest BCUT2D eigenvalue weighted by atomic mass is 16.5. The molecule has 1 rings (SSSR count). The van der Waals surface area contributed by atoms with Gasteiger partial charge in [-0.25, -0.2) is 0 Å². The molecule has 0 amide bonds. The lowest BCUT2D eigenvalue weighted by Crippen LogP contribution is -2.48. The maximum absolute atomic E-state index is 9.65. The van der Waals surface area contributed by atoms with Gasteiger partial charge in [-0.3, -0.25) is 0 Å². The van der Waals surface area contributed by atoms with Crippen LogP contribution in [0, 0.1) is 5.92 Å². The first kappa shape index (κ1) is 17.9. The van der Waals surface area contributed by atoms with Gasteiger partial charge in [0.2, 0.25) is 0 Å². The highest BCUT2D eigenvalue weighted by molar-refractivity contribution is 4.86. The van der Waals surface area contributed by atoms with Crippen LogP contribution in [-0.2, 0) is 4.74 Å². The van der Waals surface area contributed by atoms with Gasteiger partial charge >= 0.3 is 0 Å². The van der Waals surface area contributed by atoms with Crippen molar-refractivity contribution in [3.8, 4) is 0 Å². The molecule has 0 aromatic carbocycles. The molecule has 1 heterocycles. The van der Waals surface area contributed by atoms with E-state index in [1.807, 2.05) is 0 Å². The summed E-state index contributed by atoms with van der Waals surface area (Å²) in [4.78, 5) is 2.57. The first-order chi connectivity index (χ1) is 9.69. The van der Waals surface area contributed by atoms with Gasteiger partial charge in [-0.2, -0.15) is 0 Å². The summed E-state index contributed by atoms with van der Waals surface area (Å²) in [5, 5.41) is 13.1. The Morgan fingerprint density at radius 3 is 2.50 bits per heavy atom. The van der Waals surface area contributed by atoms with Crippen LogP contribution in [-0.4, -0.2) is 62.0 Å². The minimum Gasteiger partial charge on any atom is -0.394 e. The second kappa shape index (κ2) is 9.72. The van der Waals surface area contributed by atoms with E-state index in [1.165, 1.54) is 25.9 Å². The van der Waals surface area contributed by atoms with Gasteiger partial charge in [0.15, 0.2) is 0 Å². The Morgan fingerprint density at radius 1 is 1.30 bits per heavy atom. The number of nitrogens with zero attached hydrogens (tertiary/aromatic N) is 1. The van der Waals surface area contributed by atoms with E-state index in [4.69, 9.17) is 4.74 Å². The van der Waals surface area contributed by atoms with Gasteiger partial charge < -0.3 is 20.1 Å². The molecule has 0 aromatic heterocycles. The molecule has 0 spiro atoms. The topological polar surface area (TPSA) is 44.7 Å². The molecule has 0 saturated carbocycles. The number of likely N-dealkylation sites (tertiary alicyclic amines) is 1. The zero-order chi connectivity index (χ0) is 14.8. The fourth-order valence-electron chi connectivity index (χ4n) is 3.27. The first-order valence-corrected chi connectivity index (χ1v) is 8.27. The molecular formula is C16H34N2O2. The summed E-state index contributed by atoms with van der Waals surface area (Å²) in [6.07, 6.45) is 5.75. The number of rotatable bonds is 10. The normalized spacial score (nSPS) is 21.0. The Hall–Kier alpha value is -0.160. The summed E-state index contributed by atoms with van der Waals surface area (Å²) in [6, 6.07) is 0. The number of piperidine rings is 1. The average molecular weight is 286 g/mol. The quantitative estimate of drug-likeness (QED) is 0.643. The Morgan fingerprint density at radius 2 is 2.00 bits per heavy atom. The van der Waals surface area contributed by atoms with E-state index < -0.39 is 0 Å². The van der Waals surface area contributed by atoms with Gasteiger partial charge in [0, 0.05) is 19.3 Å². The summed E-state index contributed by atoms with van der Waals surface area (Å²) < 4.78 is 5.24. The van der Waals surface area contributed by atoms with Crippen molar-refractivity contribution in [3.63, 3.8) is 0 Å². The SMILES string of the molecule is CCNC(CC)(CO)CCCN1CCC(COC)CC1. The van der Waals surface area contributed by atoms with Crippen LogP contribution in [0.4, 0.5) is 0 Å². The Kier molecular flexibility index (Phi) is 8.69. The van der Waals surface area contributed by atoms with Crippen LogP contribution in [0.1, 0.15) is 46.0 Å². The molecule has 20 heavy (non-hydrogen) atoms. The number of aliphatic hydroxyl groups is 1. The minimum absolute atomic E-state index is 0.0663. The van der Waals surface area contributed by atoms with Crippen molar-refractivity contribution in [2.45, 2.75) is 51.5 Å². The van der Waals surface area contributed by atoms with Gasteiger partial charge in [0.25, 0.3) is 0 Å². The second-order valence-corrected chi connectivity index (χ2v) is 6.17. The van der Waals surface area contributed by atoms with Crippen LogP contribution < -0.4 is 5.32 Å². The minimum atomic E-state index is -0.0663. The van der Waals surface area contributed by atoms with Gasteiger partial charge in [0.1, 0.15) is 0 Å². The number of nitrogens with one attached hydrogen (secondary N) is 1. The maximum atomic E-state index is 9.65. The van der Waals surface area contributed by atoms with Crippen LogP contribution >= 0.6 is 0 Å². The third kappa shape index (κ3) is 5.68. The van der Waals surface area contributed by atoms with E-state index in [-0.39, 0.29) is 12.1 Å². The molecule has 120 valence electrons. The molecular weight excluding hydrogens is 252 g/mol. The Balaban J connectivity index is 2.23. The lowest BCUT2D eigenvalue weighted by Gasteiger charge is -2.35. The number of hydrogen-bond donors (Lipinski definition) is 2. The van der Waals surface area contributed by atoms with Crippen molar-refractivity contribution in [1.82, 2.24) is 10.2 Å². The van der Waals surface area contributed by atoms with Crippen molar-refractivity contribution in [3.05, 3.63) is 0 Å². The lowest BCUT2D eigenvalue weighted by atomic mass is 9.90. The summed E-state index contributed by atoms with van der Waals surface area (Å²) in [5.41, 5.74) is -0.0663. The molecule has 0 bridgehead atoms. The summed E-state index contributed by atoms with van der Waals surface area (Å²) in [5.74, 6) is 0.755. The number of methoxy groups -OCH3 is 1. The summed E-state index contributed by atoms with van der Waals surface area (Å²) >= 11 is 0. The molecule has 1 aliphatic heterocycles. The molecule has 1 unspecified atom stereocenters. The van der Waals surface area contributed by atoms with Crippen LogP contribution in [0.3, 0.4) is 0 Å². The van der Waals surface area contributed by atoms with Crippen molar-refractivity contribution in [2.24, 2.45) is 5.92 Å². The van der Waals surface area contributed by atoms with E-state index in [0.29, 0.717) is 0 Å². The fraction of sp³-hybridized carbons (Fsp3) is 1.00. The van der Waals surface area contributed by atoms with Crippen molar-refractivity contribution >= 4 is 0 Å². The smallest absolute Gasteiger partial charge is 0.0613 e. The monoisotopic (exact) mass is 286 g/mol. The molecule has 1 atom stereocenters. The predicted molar refractivity (Wildman–Crippen MR) is 84.1 cm³/mol. The lowest BCUT2D eigenvalue weighted by molar-refractivity contribution is 0.0944. The van der Waals surface area contributed by atoms with Gasteiger partial charge in [-0.05, 0) is 64.2 Å². The fourth-order valence-corrected chi connectivity index (χ4v) is 3.27. The first-order valence-electron chi connectivity index (χ1n) is 8.27. The second-order valence-electron chi connectivity index (χ2n) is 6.17. The van der Waals surface area contributed by atoms with E-state index in [2.05, 4.69) is 24.1 Å². The molecule has 0 aliphatic carbocycles. The maximum Gasteiger partial charge on any atom is 0.0613 e. The number of hydrogen-bond acceptors (Lipinski definition) is 4. The van der Waals surface area contributed by atoms with Gasteiger partial charge in [-0.1, -0.05) is 13.8 Å². The van der Waals surface area contributed by atoms with Crippen LogP contribution in [0.25, 0.3) is 0 Å². The third-order valence-electron chi connectivity index (χ3n) is 4.77. The highest BCUT2D eigenvalue weighted by Crippen LogP contribution is 2.20. The van der Waals surface area contributed by atoms with Crippen molar-refractivity contribution < 1.29 is 9.84 Å². The van der Waals surface area contributed by atoms with Crippen molar-refractivity contribution in [2.75, 3.05) is 46.5 Å². The summed E-state index contributed by atoms with van der Waals surface area (Å²) in [6.45, 7) is 9.92. The van der Waals surface area contributed by atoms with Crippen LogP contribution in [0.5, 0.6) is 0 Å². The molecule has 0 radical (unpaired) electrons. The highest BCUT2D eigenvalue weighted by Gasteiger charge is 2.26. The predicted octanol–water partition coefficient (Wildman–Crippen LogP) is 1.88. The largest absolute Gasteiger partial charge is 0.394 e. The zero-order valence-corrected chi connectivity index (χ0v) is 13.7. The zero-order valence-electron chi connectivity index (χ0n) is 13.7. The molecule has 2 N–H and O–H groups in total. The van der Waals surface area contributed by atoms with Crippen LogP contribution in [0.15, 0.2) is 0 Å². The molecule has 0 aromatic rings. The van der Waals surface area contributed by atoms with E-state index in [0.717, 1.165) is 44.9 Å². The molecule has 1 saturated heterocycles. The standard InChI is InChI=1S/C16H34N2O2/c1-4-16(14-19,17-5-2)9-6-10-18-11-7-15(8-12-18)13-20-3/h15,17,19H,4-14H2,1-3H3. The molecule has 1 aliphatic rings. The van der Waals surface area contributed by atoms with Crippen LogP contribution in [0.2, 0.25) is 0 Å². The average Bonchev–Trinajstić information content (AvgIpc) is 2.48. The molecule has 4 nitrogen and oxygen atoms in total. The summed E-state index contributed by atoms with van der Waals surface area (Å²) in [7, 11) is 1.80. The van der Waals surface area contributed by atoms with Gasteiger partial charge in [0.05, 0.1) is 6.61 Å². The third-order valence-corrected chi connectivity index (χ3v) is 4.77. The Labute approximate surface area is 124 Å². The molecule has 4 heteroatoms. The number of likely N-dealkylation sites (N-methyl/N-ethyl adjacent to an activating group) is 1. The van der Waals surface area contributed by atoms with E-state index in [9.17, 15) is 5.11 Å². The molecule has 1 fully saturated rings. The van der Waals surface area contributed by atoms with Gasteiger partial charge in [-0.15, -0.1) is 0 Å². The van der Waals surface area contributed by atoms with Crippen molar-refractivity contribution in [1.29, 1.82) is 0 Å². The number of ether oxygens (including phenoxy) is 1. The number of aliphatic hydroxyl groups excluding tert-OH is 1. The van der Waals surface area contributed by atoms with E-state index in [1.54, 1.807) is 7.11 Å².